The van der Waals surface area contributed by atoms with Crippen molar-refractivity contribution in [2.45, 2.75) is 6.92 Å². The van der Waals surface area contributed by atoms with Gasteiger partial charge in [0.2, 0.25) is 0 Å². The molecule has 2 heterocycles. The minimum Gasteiger partial charge on any atom is -0.347 e. The molecule has 2 aromatic heterocycles. The number of carbonyl (C=O) groups is 1. The molecule has 1 amide bonds. The summed E-state index contributed by atoms with van der Waals surface area (Å²) in [7, 11) is 3.59. The van der Waals surface area contributed by atoms with E-state index < -0.39 is 5.91 Å². The molecule has 0 bridgehead atoms. The molecule has 0 aliphatic carbocycles. The Morgan fingerprint density at radius 2 is 1.92 bits per heavy atom. The summed E-state index contributed by atoms with van der Waals surface area (Å²) in [5, 5.41) is 5.09. The predicted octanol–water partition coefficient (Wildman–Crippen LogP) is 1.95. The van der Waals surface area contributed by atoms with E-state index in [0.29, 0.717) is 0 Å². The van der Waals surface area contributed by atoms with Crippen molar-refractivity contribution in [1.29, 1.82) is 0 Å². The van der Waals surface area contributed by atoms with Crippen LogP contribution in [0.25, 0.3) is 10.9 Å². The second-order valence-corrected chi connectivity index (χ2v) is 5.61. The molecule has 1 N–H and O–H groups in total. The number of benzene rings is 1. The Morgan fingerprint density at radius 1 is 1.17 bits per heavy atom. The van der Waals surface area contributed by atoms with Crippen molar-refractivity contribution in [1.82, 2.24) is 14.6 Å². The molecule has 6 heteroatoms. The number of hydrogen-bond donors (Lipinski definition) is 1. The molecule has 1 aromatic carbocycles. The van der Waals surface area contributed by atoms with Crippen molar-refractivity contribution in [2.75, 3.05) is 0 Å². The van der Waals surface area contributed by atoms with Crippen molar-refractivity contribution < 1.29 is 4.79 Å². The van der Waals surface area contributed by atoms with Crippen molar-refractivity contribution in [3.05, 3.63) is 69.8 Å². The maximum atomic E-state index is 12.1. The van der Waals surface area contributed by atoms with Crippen LogP contribution in [0.3, 0.4) is 0 Å². The van der Waals surface area contributed by atoms with Crippen LogP contribution in [0.1, 0.15) is 21.6 Å². The Bertz CT molecular complexity index is 1010. The van der Waals surface area contributed by atoms with Crippen LogP contribution in [0.4, 0.5) is 0 Å². The molecule has 3 rings (SSSR count). The number of rotatable bonds is 3. The molecule has 24 heavy (non-hydrogen) atoms. The van der Waals surface area contributed by atoms with Crippen LogP contribution < -0.4 is 11.0 Å². The Kier molecular flexibility index (Phi) is 4.04. The molecule has 6 nitrogen and oxygen atoms in total. The van der Waals surface area contributed by atoms with Gasteiger partial charge in [-0.1, -0.05) is 18.2 Å². The number of carbonyl (C=O) groups excluding carboxylic acids is 1. The standard InChI is InChI=1S/C18H18N4O2/c1-12-15(13-7-4-5-9-16(13)22(12)3)11-19-20-17(23)14-8-6-10-21(2)18(14)24/h4-11H,1-3H3,(H,20,23)/b19-11-. The van der Waals surface area contributed by atoms with Gasteiger partial charge in [-0.15, -0.1) is 0 Å². The third kappa shape index (κ3) is 2.62. The minimum absolute atomic E-state index is 0.0618. The van der Waals surface area contributed by atoms with E-state index in [9.17, 15) is 9.59 Å². The van der Waals surface area contributed by atoms with Crippen molar-refractivity contribution in [3.8, 4) is 0 Å². The van der Waals surface area contributed by atoms with E-state index in [-0.39, 0.29) is 11.1 Å². The zero-order valence-corrected chi connectivity index (χ0v) is 13.8. The van der Waals surface area contributed by atoms with Gasteiger partial charge in [-0.25, -0.2) is 5.43 Å². The van der Waals surface area contributed by atoms with Gasteiger partial charge in [-0.2, -0.15) is 5.10 Å². The van der Waals surface area contributed by atoms with E-state index >= 15 is 0 Å². The average molecular weight is 322 g/mol. The molecule has 3 aromatic rings. The highest BCUT2D eigenvalue weighted by molar-refractivity contribution is 6.02. The molecule has 0 saturated carbocycles. The first-order chi connectivity index (χ1) is 11.5. The maximum Gasteiger partial charge on any atom is 0.276 e. The summed E-state index contributed by atoms with van der Waals surface area (Å²) in [4.78, 5) is 24.0. The van der Waals surface area contributed by atoms with Crippen LogP contribution >= 0.6 is 0 Å². The molecule has 0 unspecified atom stereocenters. The van der Waals surface area contributed by atoms with E-state index in [0.717, 1.165) is 22.2 Å². The first-order valence-electron chi connectivity index (χ1n) is 7.53. The third-order valence-corrected chi connectivity index (χ3v) is 4.18. The molecule has 0 atom stereocenters. The van der Waals surface area contributed by atoms with Crippen LogP contribution in [0.2, 0.25) is 0 Å². The van der Waals surface area contributed by atoms with E-state index in [4.69, 9.17) is 0 Å². The van der Waals surface area contributed by atoms with Crippen molar-refractivity contribution >= 4 is 23.0 Å². The van der Waals surface area contributed by atoms with Crippen LogP contribution in [0, 0.1) is 6.92 Å². The molecule has 0 spiro atoms. The van der Waals surface area contributed by atoms with Gasteiger partial charge in [0, 0.05) is 42.5 Å². The van der Waals surface area contributed by atoms with E-state index in [1.54, 1.807) is 25.5 Å². The highest BCUT2D eigenvalue weighted by Gasteiger charge is 2.11. The second-order valence-electron chi connectivity index (χ2n) is 5.61. The van der Waals surface area contributed by atoms with Gasteiger partial charge in [0.05, 0.1) is 6.21 Å². The number of fused-ring (bicyclic) bond motifs is 1. The normalized spacial score (nSPS) is 11.3. The number of amides is 1. The van der Waals surface area contributed by atoms with Gasteiger partial charge in [0.15, 0.2) is 0 Å². The first-order valence-corrected chi connectivity index (χ1v) is 7.53. The Morgan fingerprint density at radius 3 is 2.71 bits per heavy atom. The Labute approximate surface area is 139 Å². The van der Waals surface area contributed by atoms with Crippen LogP contribution in [0.15, 0.2) is 52.5 Å². The van der Waals surface area contributed by atoms with E-state index in [1.165, 1.54) is 10.6 Å². The molecule has 0 radical (unpaired) electrons. The van der Waals surface area contributed by atoms with Crippen molar-refractivity contribution in [3.63, 3.8) is 0 Å². The second kappa shape index (κ2) is 6.16. The van der Waals surface area contributed by atoms with Crippen molar-refractivity contribution in [2.24, 2.45) is 19.2 Å². The number of aromatic nitrogens is 2. The lowest BCUT2D eigenvalue weighted by Gasteiger charge is -2.01. The fraction of sp³-hybridized carbons (Fsp3) is 0.167. The summed E-state index contributed by atoms with van der Waals surface area (Å²) < 4.78 is 3.43. The zero-order valence-electron chi connectivity index (χ0n) is 13.8. The lowest BCUT2D eigenvalue weighted by atomic mass is 10.1. The number of para-hydroxylation sites is 1. The number of pyridine rings is 1. The topological polar surface area (TPSA) is 68.4 Å². The monoisotopic (exact) mass is 322 g/mol. The third-order valence-electron chi connectivity index (χ3n) is 4.18. The number of aryl methyl sites for hydroxylation is 2. The summed E-state index contributed by atoms with van der Waals surface area (Å²) in [6.07, 6.45) is 3.21. The molecule has 122 valence electrons. The Hall–Kier alpha value is -3.15. The van der Waals surface area contributed by atoms with Gasteiger partial charge >= 0.3 is 0 Å². The van der Waals surface area contributed by atoms with E-state index in [1.807, 2.05) is 38.2 Å². The molecule has 0 aliphatic rings. The quantitative estimate of drug-likeness (QED) is 0.591. The van der Waals surface area contributed by atoms with Gasteiger partial charge in [-0.3, -0.25) is 9.59 Å². The molecule has 0 aliphatic heterocycles. The largest absolute Gasteiger partial charge is 0.347 e. The van der Waals surface area contributed by atoms with Gasteiger partial charge in [0.25, 0.3) is 11.5 Å². The summed E-state index contributed by atoms with van der Waals surface area (Å²) >= 11 is 0. The molecule has 0 saturated heterocycles. The number of nitrogens with zero attached hydrogens (tertiary/aromatic N) is 3. The molecular formula is C18H18N4O2. The fourth-order valence-corrected chi connectivity index (χ4v) is 2.70. The predicted molar refractivity (Wildman–Crippen MR) is 94.4 cm³/mol. The summed E-state index contributed by atoms with van der Waals surface area (Å²) in [5.41, 5.74) is 5.21. The van der Waals surface area contributed by atoms with Crippen LogP contribution in [-0.4, -0.2) is 21.3 Å². The number of nitrogens with one attached hydrogen (secondary N) is 1. The Balaban J connectivity index is 1.88. The van der Waals surface area contributed by atoms with Crippen LogP contribution in [0.5, 0.6) is 0 Å². The van der Waals surface area contributed by atoms with E-state index in [2.05, 4.69) is 15.1 Å². The molecule has 0 fully saturated rings. The first kappa shape index (κ1) is 15.7. The minimum atomic E-state index is -0.523. The number of hydrazone groups is 1. The van der Waals surface area contributed by atoms with Gasteiger partial charge in [0.1, 0.15) is 5.56 Å². The summed E-state index contributed by atoms with van der Waals surface area (Å²) in [6.45, 7) is 2.00. The molecular weight excluding hydrogens is 304 g/mol. The summed E-state index contributed by atoms with van der Waals surface area (Å²) in [6, 6.07) is 11.1. The zero-order chi connectivity index (χ0) is 17.3. The summed E-state index contributed by atoms with van der Waals surface area (Å²) in [5.74, 6) is -0.523. The lowest BCUT2D eigenvalue weighted by Crippen LogP contribution is -2.29. The van der Waals surface area contributed by atoms with Gasteiger partial charge < -0.3 is 9.13 Å². The maximum absolute atomic E-state index is 12.1. The lowest BCUT2D eigenvalue weighted by molar-refractivity contribution is 0.0953. The highest BCUT2D eigenvalue weighted by atomic mass is 16.2. The SMILES string of the molecule is Cc1c(/C=N\NC(=O)c2cccn(C)c2=O)c2ccccc2n1C. The average Bonchev–Trinajstić information content (AvgIpc) is 2.82. The fourth-order valence-electron chi connectivity index (χ4n) is 2.70. The van der Waals surface area contributed by atoms with Gasteiger partial charge in [-0.05, 0) is 25.1 Å². The smallest absolute Gasteiger partial charge is 0.276 e. The van der Waals surface area contributed by atoms with Crippen LogP contribution in [-0.2, 0) is 14.1 Å². The number of hydrogen-bond acceptors (Lipinski definition) is 3. The highest BCUT2D eigenvalue weighted by Crippen LogP contribution is 2.22.